The van der Waals surface area contributed by atoms with Crippen molar-refractivity contribution in [1.82, 2.24) is 0 Å². The number of methoxy groups -OCH3 is 1. The van der Waals surface area contributed by atoms with Crippen molar-refractivity contribution < 1.29 is 26.4 Å². The Bertz CT molecular complexity index is 1940. The van der Waals surface area contributed by atoms with Crippen molar-refractivity contribution >= 4 is 48.7 Å². The molecule has 0 radical (unpaired) electrons. The Balaban J connectivity index is 1.46. The lowest BCUT2D eigenvalue weighted by Gasteiger charge is -2.25. The van der Waals surface area contributed by atoms with Gasteiger partial charge < -0.3 is 15.0 Å². The highest BCUT2D eigenvalue weighted by Crippen LogP contribution is 2.37. The van der Waals surface area contributed by atoms with Crippen LogP contribution in [-0.4, -0.2) is 49.0 Å². The van der Waals surface area contributed by atoms with Crippen LogP contribution in [0.4, 0.5) is 22.7 Å². The van der Waals surface area contributed by atoms with Crippen LogP contribution in [0.2, 0.25) is 0 Å². The Labute approximate surface area is 264 Å². The largest absolute Gasteiger partial charge is 0.495 e. The normalized spacial score (nSPS) is 14.5. The molecule has 2 N–H and O–H groups in total. The Kier molecular flexibility index (Phi) is 9.08. The molecule has 1 aliphatic heterocycles. The maximum atomic E-state index is 13.8. The minimum Gasteiger partial charge on any atom is -0.495 e. The fourth-order valence-corrected chi connectivity index (χ4v) is 8.64. The summed E-state index contributed by atoms with van der Waals surface area (Å²) in [5.74, 6) is -0.227. The van der Waals surface area contributed by atoms with Crippen LogP contribution in [-0.2, 0) is 26.5 Å². The number of carbonyl (C=O) groups excluding carboxylic acids is 1. The number of carbonyl (C=O) groups is 1. The molecular formula is C33H36N4O6S2. The first-order valence-electron chi connectivity index (χ1n) is 14.6. The maximum absolute atomic E-state index is 13.8. The summed E-state index contributed by atoms with van der Waals surface area (Å²) in [6.45, 7) is 6.81. The minimum atomic E-state index is -4.14. The summed E-state index contributed by atoms with van der Waals surface area (Å²) < 4.78 is 64.3. The number of ether oxygens (including phenoxy) is 1. The van der Waals surface area contributed by atoms with Crippen molar-refractivity contribution in [2.45, 2.75) is 43.0 Å². The first kappa shape index (κ1) is 31.9. The summed E-state index contributed by atoms with van der Waals surface area (Å²) in [7, 11) is -6.65. The summed E-state index contributed by atoms with van der Waals surface area (Å²) in [6.07, 6.45) is 0.593. The second-order valence-corrected chi connectivity index (χ2v) is 14.1. The van der Waals surface area contributed by atoms with E-state index in [4.69, 9.17) is 4.74 Å². The third-order valence-corrected chi connectivity index (χ3v) is 11.1. The number of nitrogens with zero attached hydrogens (tertiary/aromatic N) is 2. The lowest BCUT2D eigenvalue weighted by molar-refractivity contribution is 0.102. The van der Waals surface area contributed by atoms with Crippen LogP contribution in [0.25, 0.3) is 0 Å². The van der Waals surface area contributed by atoms with Crippen LogP contribution in [0, 0.1) is 0 Å². The molecule has 1 heterocycles. The molecule has 4 aromatic rings. The summed E-state index contributed by atoms with van der Waals surface area (Å²) in [5, 5.41) is 2.75. The molecule has 1 unspecified atom stereocenters. The van der Waals surface area contributed by atoms with Gasteiger partial charge in [-0.3, -0.25) is 13.8 Å². The van der Waals surface area contributed by atoms with E-state index in [1.54, 1.807) is 48.5 Å². The molecule has 0 spiro atoms. The number of rotatable bonds is 11. The molecule has 1 amide bonds. The van der Waals surface area contributed by atoms with Gasteiger partial charge in [-0.05, 0) is 87.4 Å². The Morgan fingerprint density at radius 2 is 1.62 bits per heavy atom. The standard InChI is InChI=1S/C33H36N4O6S2/c1-5-36(6-2)30-19-18-26(22-32(30)44(39,40)35-28-15-8-10-17-31(28)43-4)34-33(38)25-13-11-14-27(21-25)45(41,42)37-23(3)20-24-12-7-9-16-29(24)37/h7-19,21-23,35H,5-6,20H2,1-4H3,(H,34,38). The molecule has 45 heavy (non-hydrogen) atoms. The van der Waals surface area contributed by atoms with Crippen molar-refractivity contribution in [1.29, 1.82) is 0 Å². The molecule has 0 saturated heterocycles. The van der Waals surface area contributed by atoms with Crippen molar-refractivity contribution in [3.05, 3.63) is 102 Å². The fraction of sp³-hybridized carbons (Fsp3) is 0.242. The topological polar surface area (TPSA) is 125 Å². The van der Waals surface area contributed by atoms with E-state index in [1.807, 2.05) is 37.8 Å². The molecule has 0 bridgehead atoms. The SMILES string of the molecule is CCN(CC)c1ccc(NC(=O)c2cccc(S(=O)(=O)N3c4ccccc4CC3C)c2)cc1S(=O)(=O)Nc1ccccc1OC. The van der Waals surface area contributed by atoms with Crippen LogP contribution in [0.3, 0.4) is 0 Å². The molecule has 0 fully saturated rings. The van der Waals surface area contributed by atoms with E-state index in [1.165, 1.54) is 41.7 Å². The maximum Gasteiger partial charge on any atom is 0.264 e. The van der Waals surface area contributed by atoms with E-state index in [0.717, 1.165) is 5.56 Å². The van der Waals surface area contributed by atoms with E-state index >= 15 is 0 Å². The Morgan fingerprint density at radius 1 is 0.911 bits per heavy atom. The third kappa shape index (κ3) is 6.34. The summed E-state index contributed by atoms with van der Waals surface area (Å²) in [5.41, 5.74) is 2.65. The zero-order chi connectivity index (χ0) is 32.4. The molecule has 10 nitrogen and oxygen atoms in total. The highest BCUT2D eigenvalue weighted by atomic mass is 32.2. The quantitative estimate of drug-likeness (QED) is 0.213. The Morgan fingerprint density at radius 3 is 2.36 bits per heavy atom. The van der Waals surface area contributed by atoms with Gasteiger partial charge in [0.15, 0.2) is 0 Å². The number of para-hydroxylation sites is 3. The highest BCUT2D eigenvalue weighted by molar-refractivity contribution is 7.93. The molecule has 12 heteroatoms. The van der Waals surface area contributed by atoms with Crippen molar-refractivity contribution in [3.8, 4) is 5.75 Å². The smallest absolute Gasteiger partial charge is 0.264 e. The lowest BCUT2D eigenvalue weighted by Crippen LogP contribution is -2.35. The number of amides is 1. The van der Waals surface area contributed by atoms with Gasteiger partial charge in [0.25, 0.3) is 26.0 Å². The zero-order valence-corrected chi connectivity index (χ0v) is 27.2. The Hall–Kier alpha value is -4.55. The number of sulfonamides is 2. The lowest BCUT2D eigenvalue weighted by atomic mass is 10.1. The fourth-order valence-electron chi connectivity index (χ4n) is 5.58. The van der Waals surface area contributed by atoms with E-state index in [9.17, 15) is 21.6 Å². The average molecular weight is 649 g/mol. The van der Waals surface area contributed by atoms with E-state index in [2.05, 4.69) is 10.0 Å². The van der Waals surface area contributed by atoms with Gasteiger partial charge in [0.2, 0.25) is 0 Å². The van der Waals surface area contributed by atoms with Crippen LogP contribution < -0.4 is 24.0 Å². The number of hydrogen-bond acceptors (Lipinski definition) is 7. The van der Waals surface area contributed by atoms with Crippen LogP contribution in [0.15, 0.2) is 101 Å². The van der Waals surface area contributed by atoms with Gasteiger partial charge >= 0.3 is 0 Å². The molecule has 0 aliphatic carbocycles. The molecule has 5 rings (SSSR count). The van der Waals surface area contributed by atoms with Gasteiger partial charge in [0.05, 0.1) is 29.1 Å². The van der Waals surface area contributed by atoms with Crippen molar-refractivity contribution in [2.24, 2.45) is 0 Å². The third-order valence-electron chi connectivity index (χ3n) is 7.76. The van der Waals surface area contributed by atoms with Gasteiger partial charge in [-0.2, -0.15) is 0 Å². The van der Waals surface area contributed by atoms with Gasteiger partial charge in [-0.25, -0.2) is 16.8 Å². The van der Waals surface area contributed by atoms with Gasteiger partial charge in [-0.1, -0.05) is 36.4 Å². The second kappa shape index (κ2) is 12.8. The number of hydrogen-bond donors (Lipinski definition) is 2. The number of nitrogens with one attached hydrogen (secondary N) is 2. The zero-order valence-electron chi connectivity index (χ0n) is 25.5. The molecule has 0 aromatic heterocycles. The van der Waals surface area contributed by atoms with Crippen molar-refractivity contribution in [2.75, 3.05) is 39.4 Å². The molecule has 236 valence electrons. The summed E-state index contributed by atoms with van der Waals surface area (Å²) in [4.78, 5) is 15.3. The number of benzene rings is 4. The first-order valence-corrected chi connectivity index (χ1v) is 17.5. The van der Waals surface area contributed by atoms with Crippen LogP contribution in [0.5, 0.6) is 5.75 Å². The van der Waals surface area contributed by atoms with Crippen molar-refractivity contribution in [3.63, 3.8) is 0 Å². The van der Waals surface area contributed by atoms with Gasteiger partial charge in [0.1, 0.15) is 10.6 Å². The van der Waals surface area contributed by atoms with Crippen LogP contribution >= 0.6 is 0 Å². The minimum absolute atomic E-state index is 0.0140. The molecule has 0 saturated carbocycles. The molecule has 1 atom stereocenters. The van der Waals surface area contributed by atoms with Gasteiger partial charge in [0, 0.05) is 30.4 Å². The van der Waals surface area contributed by atoms with E-state index in [0.29, 0.717) is 36.6 Å². The number of anilines is 4. The summed E-state index contributed by atoms with van der Waals surface area (Å²) >= 11 is 0. The summed E-state index contributed by atoms with van der Waals surface area (Å²) in [6, 6.07) is 24.3. The molecule has 1 aliphatic rings. The first-order chi connectivity index (χ1) is 21.5. The predicted molar refractivity (Wildman–Crippen MR) is 177 cm³/mol. The predicted octanol–water partition coefficient (Wildman–Crippen LogP) is 5.73. The highest BCUT2D eigenvalue weighted by Gasteiger charge is 2.36. The molecule has 4 aromatic carbocycles. The van der Waals surface area contributed by atoms with Crippen LogP contribution in [0.1, 0.15) is 36.7 Å². The van der Waals surface area contributed by atoms with E-state index in [-0.39, 0.29) is 32.8 Å². The molecular weight excluding hydrogens is 613 g/mol. The number of fused-ring (bicyclic) bond motifs is 1. The van der Waals surface area contributed by atoms with Gasteiger partial charge in [-0.15, -0.1) is 0 Å². The average Bonchev–Trinajstić information content (AvgIpc) is 3.38. The monoisotopic (exact) mass is 648 g/mol. The van der Waals surface area contributed by atoms with E-state index < -0.39 is 26.0 Å². The second-order valence-electron chi connectivity index (χ2n) is 10.6.